The van der Waals surface area contributed by atoms with Crippen molar-refractivity contribution in [3.8, 4) is 0 Å². The van der Waals surface area contributed by atoms with Crippen molar-refractivity contribution in [1.29, 1.82) is 0 Å². The van der Waals surface area contributed by atoms with Crippen LogP contribution in [0.1, 0.15) is 60.2 Å². The number of hydrogen-bond donors (Lipinski definition) is 2. The maximum atomic E-state index is 11.8. The highest BCUT2D eigenvalue weighted by molar-refractivity contribution is 5.97. The van der Waals surface area contributed by atoms with Gasteiger partial charge in [0.15, 0.2) is 0 Å². The van der Waals surface area contributed by atoms with Crippen LogP contribution in [0.5, 0.6) is 0 Å². The minimum Gasteiger partial charge on any atom is -0.267 e. The maximum absolute atomic E-state index is 11.8. The summed E-state index contributed by atoms with van der Waals surface area (Å²) in [6, 6.07) is 6.31. The highest BCUT2D eigenvalue weighted by Gasteiger charge is 2.07. The Bertz CT molecular complexity index is 487. The average molecular weight is 302 g/mol. The van der Waals surface area contributed by atoms with Crippen LogP contribution in [0.25, 0.3) is 0 Å². The number of amides is 2. The van der Waals surface area contributed by atoms with Crippen LogP contribution in [-0.4, -0.2) is 24.2 Å². The number of nitrogens with zero attached hydrogens (tertiary/aromatic N) is 2. The second-order valence-corrected chi connectivity index (χ2v) is 4.66. The van der Waals surface area contributed by atoms with Gasteiger partial charge in [0.05, 0.1) is 0 Å². The Morgan fingerprint density at radius 3 is 1.55 bits per heavy atom. The third-order valence-electron chi connectivity index (χ3n) is 2.76. The summed E-state index contributed by atoms with van der Waals surface area (Å²) >= 11 is 0. The Morgan fingerprint density at radius 2 is 1.23 bits per heavy atom. The van der Waals surface area contributed by atoms with Crippen molar-refractivity contribution in [3.05, 3.63) is 35.4 Å². The fourth-order valence-electron chi connectivity index (χ4n) is 1.50. The standard InChI is InChI=1S/C16H22N4O2/c1-3-5-11-17-19-15(21)13-7-9-14(10-8-13)16(22)20-18-12-6-4-2/h7-12H,3-6H2,1-2H3,(H,19,21)(H,20,22)/b17-11+,18-12+. The molecular weight excluding hydrogens is 280 g/mol. The second-order valence-electron chi connectivity index (χ2n) is 4.66. The normalized spacial score (nSPS) is 11.0. The highest BCUT2D eigenvalue weighted by atomic mass is 16.2. The fraction of sp³-hybridized carbons (Fsp3) is 0.375. The molecule has 0 heterocycles. The molecule has 2 amide bonds. The van der Waals surface area contributed by atoms with Crippen LogP contribution in [0.15, 0.2) is 34.5 Å². The van der Waals surface area contributed by atoms with Crippen molar-refractivity contribution in [2.75, 3.05) is 0 Å². The van der Waals surface area contributed by atoms with Gasteiger partial charge in [0.2, 0.25) is 0 Å². The molecule has 0 aromatic heterocycles. The summed E-state index contributed by atoms with van der Waals surface area (Å²) in [6.07, 6.45) is 6.91. The summed E-state index contributed by atoms with van der Waals surface area (Å²) in [4.78, 5) is 23.6. The van der Waals surface area contributed by atoms with Crippen molar-refractivity contribution in [2.24, 2.45) is 10.2 Å². The molecule has 0 saturated heterocycles. The fourth-order valence-corrected chi connectivity index (χ4v) is 1.50. The average Bonchev–Trinajstić information content (AvgIpc) is 2.55. The van der Waals surface area contributed by atoms with Crippen molar-refractivity contribution >= 4 is 24.2 Å². The molecule has 0 bridgehead atoms. The number of unbranched alkanes of at least 4 members (excludes halogenated alkanes) is 2. The zero-order valence-electron chi connectivity index (χ0n) is 13.0. The molecule has 1 aromatic carbocycles. The lowest BCUT2D eigenvalue weighted by atomic mass is 10.1. The number of rotatable bonds is 8. The van der Waals surface area contributed by atoms with Crippen LogP contribution in [0.4, 0.5) is 0 Å². The first-order valence-corrected chi connectivity index (χ1v) is 7.42. The van der Waals surface area contributed by atoms with E-state index in [9.17, 15) is 9.59 Å². The Morgan fingerprint density at radius 1 is 0.864 bits per heavy atom. The Hall–Kier alpha value is -2.50. The number of hydrazone groups is 2. The van der Waals surface area contributed by atoms with Crippen molar-refractivity contribution in [2.45, 2.75) is 39.5 Å². The number of carbonyl (C=O) groups is 2. The van der Waals surface area contributed by atoms with Gasteiger partial charge in [0, 0.05) is 23.6 Å². The van der Waals surface area contributed by atoms with Crippen LogP contribution in [0, 0.1) is 0 Å². The molecule has 2 N–H and O–H groups in total. The first-order chi connectivity index (χ1) is 10.7. The van der Waals surface area contributed by atoms with Crippen LogP contribution < -0.4 is 10.9 Å². The van der Waals surface area contributed by atoms with Crippen LogP contribution in [0.2, 0.25) is 0 Å². The molecule has 0 aliphatic carbocycles. The lowest BCUT2D eigenvalue weighted by molar-refractivity contribution is 0.0943. The predicted molar refractivity (Wildman–Crippen MR) is 88.2 cm³/mol. The molecule has 1 rings (SSSR count). The van der Waals surface area contributed by atoms with Gasteiger partial charge in [-0.05, 0) is 37.1 Å². The molecule has 0 aliphatic heterocycles. The molecule has 22 heavy (non-hydrogen) atoms. The van der Waals surface area contributed by atoms with E-state index in [1.54, 1.807) is 36.7 Å². The van der Waals surface area contributed by atoms with E-state index in [2.05, 4.69) is 21.1 Å². The minimum absolute atomic E-state index is 0.305. The quantitative estimate of drug-likeness (QED) is 0.571. The maximum Gasteiger partial charge on any atom is 0.271 e. The topological polar surface area (TPSA) is 82.9 Å². The molecule has 6 heteroatoms. The zero-order chi connectivity index (χ0) is 16.2. The SMILES string of the molecule is CCC/C=N/NC(=O)c1ccc(C(=O)N/N=C/CCC)cc1. The molecule has 6 nitrogen and oxygen atoms in total. The molecule has 0 fully saturated rings. The number of hydrogen-bond acceptors (Lipinski definition) is 4. The van der Waals surface area contributed by atoms with E-state index in [1.807, 2.05) is 13.8 Å². The third kappa shape index (κ3) is 6.30. The van der Waals surface area contributed by atoms with E-state index in [0.717, 1.165) is 25.7 Å². The monoisotopic (exact) mass is 302 g/mol. The molecule has 0 aliphatic rings. The van der Waals surface area contributed by atoms with Crippen molar-refractivity contribution in [3.63, 3.8) is 0 Å². The minimum atomic E-state index is -0.305. The Kier molecular flexibility index (Phi) is 8.18. The second kappa shape index (κ2) is 10.3. The highest BCUT2D eigenvalue weighted by Crippen LogP contribution is 2.04. The van der Waals surface area contributed by atoms with Gasteiger partial charge in [-0.3, -0.25) is 9.59 Å². The van der Waals surface area contributed by atoms with E-state index in [1.165, 1.54) is 0 Å². The summed E-state index contributed by atoms with van der Waals surface area (Å²) in [7, 11) is 0. The van der Waals surface area contributed by atoms with Gasteiger partial charge in [0.25, 0.3) is 11.8 Å². The van der Waals surface area contributed by atoms with E-state index < -0.39 is 0 Å². The van der Waals surface area contributed by atoms with Gasteiger partial charge in [-0.2, -0.15) is 10.2 Å². The molecule has 0 radical (unpaired) electrons. The summed E-state index contributed by atoms with van der Waals surface area (Å²) < 4.78 is 0. The zero-order valence-corrected chi connectivity index (χ0v) is 13.0. The summed E-state index contributed by atoms with van der Waals surface area (Å²) in [5, 5.41) is 7.66. The first-order valence-electron chi connectivity index (χ1n) is 7.42. The third-order valence-corrected chi connectivity index (χ3v) is 2.76. The number of carbonyl (C=O) groups excluding carboxylic acids is 2. The summed E-state index contributed by atoms with van der Waals surface area (Å²) in [5.41, 5.74) is 5.76. The summed E-state index contributed by atoms with van der Waals surface area (Å²) in [5.74, 6) is -0.611. The number of benzene rings is 1. The van der Waals surface area contributed by atoms with Crippen molar-refractivity contribution in [1.82, 2.24) is 10.9 Å². The van der Waals surface area contributed by atoms with Crippen LogP contribution in [-0.2, 0) is 0 Å². The van der Waals surface area contributed by atoms with Gasteiger partial charge in [-0.15, -0.1) is 0 Å². The molecule has 118 valence electrons. The molecule has 0 atom stereocenters. The van der Waals surface area contributed by atoms with Gasteiger partial charge in [0.1, 0.15) is 0 Å². The van der Waals surface area contributed by atoms with E-state index in [0.29, 0.717) is 11.1 Å². The Labute approximate surface area is 130 Å². The van der Waals surface area contributed by atoms with Crippen LogP contribution in [0.3, 0.4) is 0 Å². The molecule has 0 spiro atoms. The molecular formula is C16H22N4O2. The lowest BCUT2D eigenvalue weighted by Gasteiger charge is -2.02. The van der Waals surface area contributed by atoms with E-state index >= 15 is 0 Å². The van der Waals surface area contributed by atoms with Crippen molar-refractivity contribution < 1.29 is 9.59 Å². The van der Waals surface area contributed by atoms with Gasteiger partial charge in [-0.25, -0.2) is 10.9 Å². The smallest absolute Gasteiger partial charge is 0.267 e. The molecule has 0 saturated carbocycles. The Balaban J connectivity index is 2.54. The van der Waals surface area contributed by atoms with Gasteiger partial charge < -0.3 is 0 Å². The van der Waals surface area contributed by atoms with E-state index in [-0.39, 0.29) is 11.8 Å². The largest absolute Gasteiger partial charge is 0.271 e. The lowest BCUT2D eigenvalue weighted by Crippen LogP contribution is -2.19. The molecule has 1 aromatic rings. The first kappa shape index (κ1) is 17.6. The number of nitrogens with one attached hydrogen (secondary N) is 2. The summed E-state index contributed by atoms with van der Waals surface area (Å²) in [6.45, 7) is 4.06. The predicted octanol–water partition coefficient (Wildman–Crippen LogP) is 2.72. The van der Waals surface area contributed by atoms with Gasteiger partial charge in [-0.1, -0.05) is 26.7 Å². The van der Waals surface area contributed by atoms with Crippen LogP contribution >= 0.6 is 0 Å². The van der Waals surface area contributed by atoms with E-state index in [4.69, 9.17) is 0 Å². The molecule has 0 unspecified atom stereocenters. The van der Waals surface area contributed by atoms with Gasteiger partial charge >= 0.3 is 0 Å².